The van der Waals surface area contributed by atoms with E-state index in [1.165, 1.54) is 37.4 Å². The number of anilines is 1. The summed E-state index contributed by atoms with van der Waals surface area (Å²) in [5.41, 5.74) is 0.356. The Morgan fingerprint density at radius 3 is 2.46 bits per heavy atom. The number of ether oxygens (including phenoxy) is 4. The zero-order valence-corrected chi connectivity index (χ0v) is 21.4. The minimum Gasteiger partial charge on any atom is -0.493 e. The minimum atomic E-state index is -4.56. The first-order valence-electron chi connectivity index (χ1n) is 11.9. The molecular weight excluding hydrogens is 519 g/mol. The predicted octanol–water partition coefficient (Wildman–Crippen LogP) is 5.63. The fourth-order valence-electron chi connectivity index (χ4n) is 3.61. The van der Waals surface area contributed by atoms with Gasteiger partial charge >= 0.3 is 6.18 Å². The Morgan fingerprint density at radius 2 is 1.79 bits per heavy atom. The summed E-state index contributed by atoms with van der Waals surface area (Å²) in [6.07, 6.45) is 1.28. The van der Waals surface area contributed by atoms with E-state index in [1.807, 2.05) is 6.92 Å². The molecule has 1 amide bonds. The molecule has 0 bridgehead atoms. The van der Waals surface area contributed by atoms with Crippen LogP contribution in [0.3, 0.4) is 0 Å². The van der Waals surface area contributed by atoms with E-state index in [9.17, 15) is 18.0 Å². The molecule has 0 fully saturated rings. The Bertz CT molecular complexity index is 1440. The van der Waals surface area contributed by atoms with E-state index in [-0.39, 0.29) is 17.3 Å². The number of nitrogens with one attached hydrogen (secondary N) is 1. The number of unbranched alkanes of at least 4 members (excludes halogenated alkanes) is 1. The Labute approximate surface area is 221 Å². The van der Waals surface area contributed by atoms with Gasteiger partial charge < -0.3 is 24.3 Å². The van der Waals surface area contributed by atoms with Crippen LogP contribution in [0.2, 0.25) is 0 Å². The molecule has 206 valence electrons. The molecule has 3 heterocycles. The zero-order valence-electron chi connectivity index (χ0n) is 21.4. The maximum Gasteiger partial charge on any atom is 0.422 e. The fourth-order valence-corrected chi connectivity index (χ4v) is 3.61. The van der Waals surface area contributed by atoms with Crippen molar-refractivity contribution >= 4 is 22.6 Å². The van der Waals surface area contributed by atoms with Crippen LogP contribution in [0.5, 0.6) is 28.7 Å². The summed E-state index contributed by atoms with van der Waals surface area (Å²) < 4.78 is 61.0. The van der Waals surface area contributed by atoms with Gasteiger partial charge in [0.25, 0.3) is 5.91 Å². The van der Waals surface area contributed by atoms with E-state index in [0.717, 1.165) is 12.8 Å². The first kappa shape index (κ1) is 27.5. The van der Waals surface area contributed by atoms with E-state index in [1.54, 1.807) is 30.5 Å². The Kier molecular flexibility index (Phi) is 8.37. The molecule has 4 rings (SSSR count). The first-order valence-corrected chi connectivity index (χ1v) is 11.9. The van der Waals surface area contributed by atoms with E-state index in [0.29, 0.717) is 40.4 Å². The number of alkyl halides is 3. The lowest BCUT2D eigenvalue weighted by Crippen LogP contribution is -2.21. The number of halogens is 3. The number of methoxy groups -OCH3 is 2. The number of benzene rings is 1. The lowest BCUT2D eigenvalue weighted by Gasteiger charge is -2.12. The van der Waals surface area contributed by atoms with Crippen LogP contribution in [0.1, 0.15) is 30.3 Å². The van der Waals surface area contributed by atoms with Crippen LogP contribution < -0.4 is 24.3 Å². The van der Waals surface area contributed by atoms with Crippen molar-refractivity contribution in [2.45, 2.75) is 32.5 Å². The molecular formula is C26H26F3N5O5. The Hall–Kier alpha value is -4.55. The van der Waals surface area contributed by atoms with Gasteiger partial charge in [-0.05, 0) is 30.7 Å². The topological polar surface area (TPSA) is 110 Å². The zero-order chi connectivity index (χ0) is 28.0. The highest BCUT2D eigenvalue weighted by Crippen LogP contribution is 2.36. The molecule has 0 unspecified atom stereocenters. The summed E-state index contributed by atoms with van der Waals surface area (Å²) in [5.74, 6) is 1.01. The SMILES string of the molecule is CCCCn1cc(OCC(F)(F)F)c(C(=O)Nc2ccc(Oc3ccnc4cc(OC)c(OC)cc34)cn2)n1. The summed E-state index contributed by atoms with van der Waals surface area (Å²) in [5, 5.41) is 7.32. The van der Waals surface area contributed by atoms with Gasteiger partial charge in [0.05, 0.1) is 32.1 Å². The van der Waals surface area contributed by atoms with Gasteiger partial charge in [-0.25, -0.2) is 4.98 Å². The summed E-state index contributed by atoms with van der Waals surface area (Å²) in [6.45, 7) is 0.848. The maximum absolute atomic E-state index is 12.8. The smallest absolute Gasteiger partial charge is 0.422 e. The van der Waals surface area contributed by atoms with Gasteiger partial charge in [0.2, 0.25) is 0 Å². The van der Waals surface area contributed by atoms with Gasteiger partial charge in [0, 0.05) is 24.2 Å². The summed E-state index contributed by atoms with van der Waals surface area (Å²) in [6, 6.07) is 8.23. The average Bonchev–Trinajstić information content (AvgIpc) is 3.34. The number of aryl methyl sites for hydroxylation is 1. The largest absolute Gasteiger partial charge is 0.493 e. The number of amides is 1. The molecule has 0 spiro atoms. The van der Waals surface area contributed by atoms with Gasteiger partial charge in [-0.1, -0.05) is 13.3 Å². The van der Waals surface area contributed by atoms with Gasteiger partial charge in [0.1, 0.15) is 17.3 Å². The number of hydrogen-bond donors (Lipinski definition) is 1. The number of pyridine rings is 2. The summed E-state index contributed by atoms with van der Waals surface area (Å²) >= 11 is 0. The number of carbonyl (C=O) groups is 1. The summed E-state index contributed by atoms with van der Waals surface area (Å²) in [7, 11) is 3.06. The van der Waals surface area contributed by atoms with Crippen LogP contribution in [0.15, 0.2) is 48.9 Å². The van der Waals surface area contributed by atoms with Gasteiger partial charge in [-0.15, -0.1) is 0 Å². The second kappa shape index (κ2) is 11.9. The number of carbonyl (C=O) groups excluding carboxylic acids is 1. The van der Waals surface area contributed by atoms with Crippen molar-refractivity contribution in [3.05, 3.63) is 54.6 Å². The molecule has 10 nitrogen and oxygen atoms in total. The van der Waals surface area contributed by atoms with E-state index < -0.39 is 18.7 Å². The standard InChI is InChI=1S/C26H26F3N5O5/c1-4-5-10-34-14-22(38-15-26(27,28)29)24(33-34)25(35)32-23-7-6-16(13-31-23)39-19-8-9-30-18-12-21(37-3)20(36-2)11-17(18)19/h6-9,11-14H,4-5,10,15H2,1-3H3,(H,31,32,35). The van der Waals surface area contributed by atoms with Crippen molar-refractivity contribution in [2.75, 3.05) is 26.1 Å². The second-order valence-electron chi connectivity index (χ2n) is 8.33. The molecule has 3 aromatic heterocycles. The van der Waals surface area contributed by atoms with E-state index >= 15 is 0 Å². The third kappa shape index (κ3) is 6.86. The van der Waals surface area contributed by atoms with Crippen LogP contribution in [0.25, 0.3) is 10.9 Å². The number of hydrogen-bond acceptors (Lipinski definition) is 8. The van der Waals surface area contributed by atoms with Crippen LogP contribution in [0, 0.1) is 0 Å². The summed E-state index contributed by atoms with van der Waals surface area (Å²) in [4.78, 5) is 21.3. The third-order valence-corrected chi connectivity index (χ3v) is 5.49. The molecule has 0 atom stereocenters. The number of fused-ring (bicyclic) bond motifs is 1. The third-order valence-electron chi connectivity index (χ3n) is 5.49. The molecule has 0 aliphatic carbocycles. The quantitative estimate of drug-likeness (QED) is 0.258. The Morgan fingerprint density at radius 1 is 1.03 bits per heavy atom. The number of nitrogens with zero attached hydrogens (tertiary/aromatic N) is 4. The molecule has 0 radical (unpaired) electrons. The van der Waals surface area contributed by atoms with Crippen molar-refractivity contribution in [2.24, 2.45) is 0 Å². The highest BCUT2D eigenvalue weighted by Gasteiger charge is 2.30. The van der Waals surface area contributed by atoms with Crippen molar-refractivity contribution < 1.29 is 36.9 Å². The molecule has 39 heavy (non-hydrogen) atoms. The highest BCUT2D eigenvalue weighted by atomic mass is 19.4. The van der Waals surface area contributed by atoms with Crippen molar-refractivity contribution in [1.29, 1.82) is 0 Å². The first-order chi connectivity index (χ1) is 18.7. The molecule has 0 aliphatic rings. The average molecular weight is 546 g/mol. The normalized spacial score (nSPS) is 11.3. The minimum absolute atomic E-state index is 0.142. The second-order valence-corrected chi connectivity index (χ2v) is 8.33. The maximum atomic E-state index is 12.8. The molecule has 0 saturated heterocycles. The van der Waals surface area contributed by atoms with Crippen LogP contribution in [-0.2, 0) is 6.54 Å². The van der Waals surface area contributed by atoms with Gasteiger partial charge in [-0.3, -0.25) is 14.5 Å². The van der Waals surface area contributed by atoms with Crippen LogP contribution in [-0.4, -0.2) is 52.7 Å². The molecule has 0 aliphatic heterocycles. The number of rotatable bonds is 11. The van der Waals surface area contributed by atoms with Crippen LogP contribution in [0.4, 0.5) is 19.0 Å². The van der Waals surface area contributed by atoms with Crippen molar-refractivity contribution in [3.63, 3.8) is 0 Å². The molecule has 0 saturated carbocycles. The lowest BCUT2D eigenvalue weighted by atomic mass is 10.2. The van der Waals surface area contributed by atoms with Crippen molar-refractivity contribution in [3.8, 4) is 28.7 Å². The Balaban J connectivity index is 1.50. The van der Waals surface area contributed by atoms with Gasteiger partial charge in [0.15, 0.2) is 29.5 Å². The molecule has 13 heteroatoms. The van der Waals surface area contributed by atoms with E-state index in [2.05, 4.69) is 20.4 Å². The monoisotopic (exact) mass is 545 g/mol. The number of aromatic nitrogens is 4. The molecule has 1 aromatic carbocycles. The van der Waals surface area contributed by atoms with E-state index in [4.69, 9.17) is 18.9 Å². The van der Waals surface area contributed by atoms with Gasteiger partial charge in [-0.2, -0.15) is 18.3 Å². The lowest BCUT2D eigenvalue weighted by molar-refractivity contribution is -0.153. The predicted molar refractivity (Wildman–Crippen MR) is 136 cm³/mol. The fraction of sp³-hybridized carbons (Fsp3) is 0.308. The van der Waals surface area contributed by atoms with Crippen molar-refractivity contribution in [1.82, 2.24) is 19.7 Å². The highest BCUT2D eigenvalue weighted by molar-refractivity contribution is 6.04. The van der Waals surface area contributed by atoms with Crippen LogP contribution >= 0.6 is 0 Å². The molecule has 4 aromatic rings. The molecule has 1 N–H and O–H groups in total.